The first-order chi connectivity index (χ1) is 15.9. The van der Waals surface area contributed by atoms with Crippen LogP contribution in [-0.2, 0) is 12.0 Å². The van der Waals surface area contributed by atoms with Crippen molar-refractivity contribution in [1.82, 2.24) is 4.98 Å². The molecule has 1 aliphatic heterocycles. The van der Waals surface area contributed by atoms with E-state index in [1.165, 1.54) is 24.0 Å². The fraction of sp³-hybridized carbons (Fsp3) is 0.321. The minimum atomic E-state index is 0.146. The molecule has 2 aliphatic rings. The number of aliphatic hydroxyl groups excluding tert-OH is 1. The first-order valence-electron chi connectivity index (χ1n) is 11.3. The molecule has 1 saturated carbocycles. The molecule has 2 heterocycles. The van der Waals surface area contributed by atoms with Crippen LogP contribution in [0.2, 0.25) is 0 Å². The van der Waals surface area contributed by atoms with Crippen LogP contribution in [0.15, 0.2) is 67.4 Å². The maximum Gasteiger partial charge on any atom is 0.146 e. The van der Waals surface area contributed by atoms with Crippen LogP contribution in [0.4, 0.5) is 5.69 Å². The second kappa shape index (κ2) is 9.57. The van der Waals surface area contributed by atoms with Crippen LogP contribution < -0.4 is 14.4 Å². The number of aryl methyl sites for hydroxylation is 1. The number of aliphatic hydroxyl groups is 1. The molecule has 0 atom stereocenters. The molecule has 0 spiro atoms. The number of pyridine rings is 1. The van der Waals surface area contributed by atoms with Gasteiger partial charge in [0.15, 0.2) is 0 Å². The van der Waals surface area contributed by atoms with E-state index in [1.54, 1.807) is 13.3 Å². The summed E-state index contributed by atoms with van der Waals surface area (Å²) in [6, 6.07) is 18.1. The molecular formula is C28H32N2O3. The number of hydrogen-bond acceptors (Lipinski definition) is 5. The summed E-state index contributed by atoms with van der Waals surface area (Å²) >= 11 is 0. The zero-order valence-corrected chi connectivity index (χ0v) is 19.7. The van der Waals surface area contributed by atoms with Crippen molar-refractivity contribution in [3.8, 4) is 11.5 Å². The number of anilines is 1. The fourth-order valence-corrected chi connectivity index (χ4v) is 4.10. The lowest BCUT2D eigenvalue weighted by atomic mass is 9.97. The number of aromatic nitrogens is 1. The Morgan fingerprint density at radius 2 is 1.94 bits per heavy atom. The van der Waals surface area contributed by atoms with Gasteiger partial charge < -0.3 is 19.5 Å². The lowest BCUT2D eigenvalue weighted by molar-refractivity contribution is 0.306. The number of fused-ring (bicyclic) bond motifs is 1. The Bertz CT molecular complexity index is 1120. The molecule has 1 aromatic heterocycles. The Hall–Kier alpha value is -3.47. The maximum absolute atomic E-state index is 9.14. The molecule has 33 heavy (non-hydrogen) atoms. The molecule has 1 aliphatic carbocycles. The van der Waals surface area contributed by atoms with Crippen molar-refractivity contribution in [2.24, 2.45) is 0 Å². The quantitative estimate of drug-likeness (QED) is 0.485. The van der Waals surface area contributed by atoms with E-state index < -0.39 is 0 Å². The molecule has 0 radical (unpaired) electrons. The smallest absolute Gasteiger partial charge is 0.146 e. The summed E-state index contributed by atoms with van der Waals surface area (Å²) < 4.78 is 11.0. The van der Waals surface area contributed by atoms with E-state index in [2.05, 4.69) is 47.7 Å². The van der Waals surface area contributed by atoms with Crippen molar-refractivity contribution in [2.45, 2.75) is 38.6 Å². The summed E-state index contributed by atoms with van der Waals surface area (Å²) in [5, 5.41) is 9.14. The SMILES string of the molecule is C=C(O)c1ccc(C2(C)CC2)cc1.COc1cccc(CN2CCOc3ccnc(C)c32)c1. The van der Waals surface area contributed by atoms with E-state index >= 15 is 0 Å². The third-order valence-corrected chi connectivity index (χ3v) is 6.43. The zero-order valence-electron chi connectivity index (χ0n) is 19.7. The minimum Gasteiger partial charge on any atom is -0.508 e. The average molecular weight is 445 g/mol. The first kappa shape index (κ1) is 22.7. The van der Waals surface area contributed by atoms with Gasteiger partial charge in [0.05, 0.1) is 19.3 Å². The summed E-state index contributed by atoms with van der Waals surface area (Å²) in [5.41, 5.74) is 5.92. The van der Waals surface area contributed by atoms with Crippen molar-refractivity contribution >= 4 is 11.4 Å². The predicted octanol–water partition coefficient (Wildman–Crippen LogP) is 6.06. The molecule has 1 N–H and O–H groups in total. The third-order valence-electron chi connectivity index (χ3n) is 6.43. The van der Waals surface area contributed by atoms with Crippen LogP contribution in [0.5, 0.6) is 11.5 Å². The molecule has 172 valence electrons. The second-order valence-electron chi connectivity index (χ2n) is 8.95. The second-order valence-corrected chi connectivity index (χ2v) is 8.95. The summed E-state index contributed by atoms with van der Waals surface area (Å²) in [7, 11) is 1.69. The molecule has 1 fully saturated rings. The number of hydrogen-bond donors (Lipinski definition) is 1. The molecular weight excluding hydrogens is 412 g/mol. The molecule has 0 unspecified atom stereocenters. The predicted molar refractivity (Wildman–Crippen MR) is 133 cm³/mol. The Labute approximate surface area is 196 Å². The van der Waals surface area contributed by atoms with Gasteiger partial charge in [-0.3, -0.25) is 4.98 Å². The Kier molecular flexibility index (Phi) is 6.59. The summed E-state index contributed by atoms with van der Waals surface area (Å²) in [5.74, 6) is 1.96. The number of benzene rings is 2. The van der Waals surface area contributed by atoms with Gasteiger partial charge in [-0.25, -0.2) is 0 Å². The van der Waals surface area contributed by atoms with Crippen LogP contribution in [0.3, 0.4) is 0 Å². The van der Waals surface area contributed by atoms with Crippen LogP contribution >= 0.6 is 0 Å². The number of methoxy groups -OCH3 is 1. The van der Waals surface area contributed by atoms with E-state index in [0.717, 1.165) is 41.5 Å². The molecule has 3 aromatic rings. The van der Waals surface area contributed by atoms with E-state index in [9.17, 15) is 0 Å². The van der Waals surface area contributed by atoms with Gasteiger partial charge in [0.1, 0.15) is 29.6 Å². The van der Waals surface area contributed by atoms with Crippen molar-refractivity contribution < 1.29 is 14.6 Å². The topological polar surface area (TPSA) is 54.8 Å². The number of nitrogens with zero attached hydrogens (tertiary/aromatic N) is 2. The molecule has 5 heteroatoms. The number of rotatable bonds is 5. The van der Waals surface area contributed by atoms with Crippen LogP contribution in [-0.4, -0.2) is 30.4 Å². The van der Waals surface area contributed by atoms with E-state index in [0.29, 0.717) is 12.0 Å². The summed E-state index contributed by atoms with van der Waals surface area (Å²) in [6.45, 7) is 10.2. The van der Waals surface area contributed by atoms with Crippen molar-refractivity contribution in [1.29, 1.82) is 0 Å². The Morgan fingerprint density at radius 3 is 2.61 bits per heavy atom. The molecule has 2 aromatic carbocycles. The van der Waals surface area contributed by atoms with Gasteiger partial charge in [0.25, 0.3) is 0 Å². The highest BCUT2D eigenvalue weighted by Gasteiger charge is 2.38. The van der Waals surface area contributed by atoms with Crippen molar-refractivity contribution in [3.05, 3.63) is 89.8 Å². The largest absolute Gasteiger partial charge is 0.508 e. The van der Waals surface area contributed by atoms with Crippen LogP contribution in [0, 0.1) is 6.92 Å². The van der Waals surface area contributed by atoms with Crippen molar-refractivity contribution in [3.63, 3.8) is 0 Å². The normalized spacial score (nSPS) is 15.4. The van der Waals surface area contributed by atoms with Crippen LogP contribution in [0.1, 0.15) is 42.1 Å². The van der Waals surface area contributed by atoms with Gasteiger partial charge in [0, 0.05) is 24.4 Å². The molecule has 5 rings (SSSR count). The molecule has 0 saturated heterocycles. The standard InChI is InChI=1S/C16H18N2O2.C12H14O/c1-12-16-15(6-7-17-12)20-9-8-18(16)11-13-4-3-5-14(10-13)19-2;1-9(13)10-3-5-11(6-4-10)12(2)7-8-12/h3-7,10H,8-9,11H2,1-2H3;3-6,13H,1,7-8H2,2H3. The molecule has 0 amide bonds. The lowest BCUT2D eigenvalue weighted by Gasteiger charge is -2.32. The molecule has 0 bridgehead atoms. The number of ether oxygens (including phenoxy) is 2. The fourth-order valence-electron chi connectivity index (χ4n) is 4.10. The lowest BCUT2D eigenvalue weighted by Crippen LogP contribution is -2.33. The minimum absolute atomic E-state index is 0.146. The average Bonchev–Trinajstić information content (AvgIpc) is 3.58. The third kappa shape index (κ3) is 5.30. The molecule has 5 nitrogen and oxygen atoms in total. The zero-order chi connectivity index (χ0) is 23.4. The van der Waals surface area contributed by atoms with Gasteiger partial charge in [-0.1, -0.05) is 49.9 Å². The van der Waals surface area contributed by atoms with Gasteiger partial charge >= 0.3 is 0 Å². The summed E-state index contributed by atoms with van der Waals surface area (Å²) in [6.07, 6.45) is 4.36. The van der Waals surface area contributed by atoms with Gasteiger partial charge in [-0.05, 0) is 48.4 Å². The van der Waals surface area contributed by atoms with Gasteiger partial charge in [0.2, 0.25) is 0 Å². The van der Waals surface area contributed by atoms with E-state index in [4.69, 9.17) is 14.6 Å². The van der Waals surface area contributed by atoms with Crippen molar-refractivity contribution in [2.75, 3.05) is 25.2 Å². The van der Waals surface area contributed by atoms with Gasteiger partial charge in [-0.15, -0.1) is 0 Å². The van der Waals surface area contributed by atoms with Gasteiger partial charge in [-0.2, -0.15) is 0 Å². The first-order valence-corrected chi connectivity index (χ1v) is 11.3. The Balaban J connectivity index is 0.000000172. The highest BCUT2D eigenvalue weighted by atomic mass is 16.5. The van der Waals surface area contributed by atoms with E-state index in [-0.39, 0.29) is 5.76 Å². The Morgan fingerprint density at radius 1 is 1.18 bits per heavy atom. The van der Waals surface area contributed by atoms with Crippen LogP contribution in [0.25, 0.3) is 5.76 Å². The maximum atomic E-state index is 9.14. The van der Waals surface area contributed by atoms with E-state index in [1.807, 2.05) is 37.3 Å². The highest BCUT2D eigenvalue weighted by Crippen LogP contribution is 2.47. The monoisotopic (exact) mass is 444 g/mol. The summed E-state index contributed by atoms with van der Waals surface area (Å²) in [4.78, 5) is 6.69. The highest BCUT2D eigenvalue weighted by molar-refractivity contribution is 5.62.